The molecule has 4 N–H and O–H groups in total. The molecule has 0 bridgehead atoms. The highest BCUT2D eigenvalue weighted by molar-refractivity contribution is 7.93. The van der Waals surface area contributed by atoms with Crippen LogP contribution >= 0.6 is 0 Å². The van der Waals surface area contributed by atoms with Crippen LogP contribution in [0.2, 0.25) is 0 Å². The van der Waals surface area contributed by atoms with Gasteiger partial charge in [0.05, 0.1) is 17.4 Å². The zero-order valence-electron chi connectivity index (χ0n) is 15.5. The minimum Gasteiger partial charge on any atom is -0.491 e. The maximum Gasteiger partial charge on any atom is 0.251 e. The van der Waals surface area contributed by atoms with E-state index in [4.69, 9.17) is 10.5 Å². The lowest BCUT2D eigenvalue weighted by molar-refractivity contribution is -0.113. The Morgan fingerprint density at radius 1 is 1.10 bits per heavy atom. The van der Waals surface area contributed by atoms with Crippen molar-refractivity contribution in [2.45, 2.75) is 20.0 Å². The van der Waals surface area contributed by atoms with Crippen LogP contribution in [0.25, 0.3) is 0 Å². The van der Waals surface area contributed by atoms with E-state index in [0.29, 0.717) is 17.9 Å². The second kappa shape index (κ2) is 8.86. The van der Waals surface area contributed by atoms with Gasteiger partial charge in [-0.25, -0.2) is 17.2 Å². The summed E-state index contributed by atoms with van der Waals surface area (Å²) in [5.41, 5.74) is 3.93. The Kier molecular flexibility index (Phi) is 6.75. The van der Waals surface area contributed by atoms with E-state index in [2.05, 4.69) is 4.72 Å². The number of hydrogen-bond donors (Lipinski definition) is 3. The number of ether oxygens (including phenoxy) is 1. The first kappa shape index (κ1) is 22.1. The van der Waals surface area contributed by atoms with E-state index in [1.165, 1.54) is 12.1 Å². The molecule has 0 saturated carbocycles. The van der Waals surface area contributed by atoms with Crippen LogP contribution in [0.1, 0.15) is 24.2 Å². The van der Waals surface area contributed by atoms with Gasteiger partial charge >= 0.3 is 0 Å². The molecule has 0 aliphatic heterocycles. The van der Waals surface area contributed by atoms with Gasteiger partial charge in [0.2, 0.25) is 15.9 Å². The molecule has 0 aromatic heterocycles. The molecule has 0 unspecified atom stereocenters. The van der Waals surface area contributed by atoms with E-state index < -0.39 is 50.5 Å². The highest BCUT2D eigenvalue weighted by Gasteiger charge is 2.20. The first-order chi connectivity index (χ1) is 13.5. The van der Waals surface area contributed by atoms with E-state index in [1.807, 2.05) is 19.2 Å². The third-order valence-electron chi connectivity index (χ3n) is 3.42. The number of nitrogens with two attached hydrogens (primary N) is 1. The number of sulfonamides is 1. The molecule has 0 saturated heterocycles. The van der Waals surface area contributed by atoms with Gasteiger partial charge in [0, 0.05) is 11.8 Å². The zero-order chi connectivity index (χ0) is 21.8. The van der Waals surface area contributed by atoms with Gasteiger partial charge in [-0.05, 0) is 44.2 Å². The summed E-state index contributed by atoms with van der Waals surface area (Å²) < 4.78 is 59.2. The number of benzene rings is 2. The molecule has 29 heavy (non-hydrogen) atoms. The fraction of sp³-hybridized carbons (Fsp3) is 0.222. The normalized spacial score (nSPS) is 11.2. The monoisotopic (exact) mass is 427 g/mol. The summed E-state index contributed by atoms with van der Waals surface area (Å²) in [6, 6.07) is 7.06. The fourth-order valence-corrected chi connectivity index (χ4v) is 3.27. The number of anilines is 2. The number of hydrogen-bond acceptors (Lipinski definition) is 5. The molecule has 0 aliphatic rings. The molecule has 0 atom stereocenters. The summed E-state index contributed by atoms with van der Waals surface area (Å²) in [6.45, 7) is 3.68. The number of carbonyl (C=O) groups excluding carboxylic acids is 2. The number of nitrogens with one attached hydrogen (secondary N) is 2. The van der Waals surface area contributed by atoms with Crippen molar-refractivity contribution in [1.82, 2.24) is 0 Å². The summed E-state index contributed by atoms with van der Waals surface area (Å²) in [6.07, 6.45) is -0.0526. The van der Waals surface area contributed by atoms with Gasteiger partial charge in [0.1, 0.15) is 23.1 Å². The lowest BCUT2D eigenvalue weighted by Gasteiger charge is -2.12. The van der Waals surface area contributed by atoms with Crippen molar-refractivity contribution in [3.8, 4) is 5.75 Å². The average Bonchev–Trinajstić information content (AvgIpc) is 2.57. The summed E-state index contributed by atoms with van der Waals surface area (Å²) in [4.78, 5) is 23.1. The molecule has 11 heteroatoms. The molecular formula is C18H19F2N3O5S. The van der Waals surface area contributed by atoms with Crippen LogP contribution in [0.5, 0.6) is 5.75 Å². The van der Waals surface area contributed by atoms with Crippen LogP contribution < -0.4 is 20.5 Å². The molecule has 2 rings (SSSR count). The van der Waals surface area contributed by atoms with Crippen LogP contribution in [0.4, 0.5) is 20.2 Å². The van der Waals surface area contributed by atoms with Crippen LogP contribution in [0.15, 0.2) is 36.4 Å². The van der Waals surface area contributed by atoms with Crippen molar-refractivity contribution in [3.63, 3.8) is 0 Å². The zero-order valence-corrected chi connectivity index (χ0v) is 16.3. The van der Waals surface area contributed by atoms with Gasteiger partial charge in [0.25, 0.3) is 5.91 Å². The lowest BCUT2D eigenvalue weighted by atomic mass is 10.1. The standard InChI is InChI=1S/C18H19F2N3O5S/c1-10(2)28-12-5-3-11(4-6-12)23-29(26,27)9-17(24)22-16-7-13(18(21)25)14(19)8-15(16)20/h3-8,10,23H,9H2,1-2H3,(H2,21,25)(H,22,24). The van der Waals surface area contributed by atoms with Gasteiger partial charge in [-0.1, -0.05) is 0 Å². The van der Waals surface area contributed by atoms with Crippen LogP contribution in [0, 0.1) is 11.6 Å². The molecule has 2 aromatic carbocycles. The fourth-order valence-electron chi connectivity index (χ4n) is 2.28. The summed E-state index contributed by atoms with van der Waals surface area (Å²) >= 11 is 0. The molecular weight excluding hydrogens is 408 g/mol. The quantitative estimate of drug-likeness (QED) is 0.595. The number of rotatable bonds is 8. The molecule has 2 aromatic rings. The predicted octanol–water partition coefficient (Wildman–Crippen LogP) is 2.23. The molecule has 2 amide bonds. The molecule has 8 nitrogen and oxygen atoms in total. The van der Waals surface area contributed by atoms with Crippen LogP contribution in [-0.2, 0) is 14.8 Å². The van der Waals surface area contributed by atoms with Gasteiger partial charge < -0.3 is 15.8 Å². The van der Waals surface area contributed by atoms with Crippen LogP contribution in [-0.4, -0.2) is 32.1 Å². The lowest BCUT2D eigenvalue weighted by Crippen LogP contribution is -2.28. The number of carbonyl (C=O) groups is 2. The summed E-state index contributed by atoms with van der Waals surface area (Å²) in [7, 11) is -4.13. The topological polar surface area (TPSA) is 128 Å². The summed E-state index contributed by atoms with van der Waals surface area (Å²) in [5, 5.41) is 1.98. The molecule has 0 spiro atoms. The average molecular weight is 427 g/mol. The molecule has 0 radical (unpaired) electrons. The van der Waals surface area contributed by atoms with Crippen molar-refractivity contribution in [1.29, 1.82) is 0 Å². The maximum atomic E-state index is 13.8. The van der Waals surface area contributed by atoms with Crippen molar-refractivity contribution < 1.29 is 31.5 Å². The van der Waals surface area contributed by atoms with Gasteiger partial charge in [-0.2, -0.15) is 0 Å². The first-order valence-corrected chi connectivity index (χ1v) is 9.98. The minimum absolute atomic E-state index is 0.0526. The smallest absolute Gasteiger partial charge is 0.251 e. The molecule has 156 valence electrons. The van der Waals surface area contributed by atoms with Crippen molar-refractivity contribution in [2.24, 2.45) is 5.73 Å². The Labute approximate surface area is 166 Å². The molecule has 0 aliphatic carbocycles. The van der Waals surface area contributed by atoms with Gasteiger partial charge in [0.15, 0.2) is 0 Å². The second-order valence-electron chi connectivity index (χ2n) is 6.28. The van der Waals surface area contributed by atoms with Crippen molar-refractivity contribution in [3.05, 3.63) is 53.6 Å². The molecule has 0 fully saturated rings. The largest absolute Gasteiger partial charge is 0.491 e. The van der Waals surface area contributed by atoms with E-state index in [0.717, 1.165) is 0 Å². The van der Waals surface area contributed by atoms with E-state index in [9.17, 15) is 26.8 Å². The highest BCUT2D eigenvalue weighted by Crippen LogP contribution is 2.20. The Morgan fingerprint density at radius 3 is 2.28 bits per heavy atom. The molecule has 0 heterocycles. The van der Waals surface area contributed by atoms with E-state index in [1.54, 1.807) is 12.1 Å². The Bertz CT molecular complexity index is 1020. The van der Waals surface area contributed by atoms with Gasteiger partial charge in [-0.3, -0.25) is 14.3 Å². The third-order valence-corrected chi connectivity index (χ3v) is 4.61. The predicted molar refractivity (Wildman–Crippen MR) is 103 cm³/mol. The second-order valence-corrected chi connectivity index (χ2v) is 8.00. The van der Waals surface area contributed by atoms with Crippen molar-refractivity contribution >= 4 is 33.2 Å². The minimum atomic E-state index is -4.13. The van der Waals surface area contributed by atoms with Crippen LogP contribution in [0.3, 0.4) is 0 Å². The maximum absolute atomic E-state index is 13.8. The Morgan fingerprint density at radius 2 is 1.72 bits per heavy atom. The number of primary amides is 1. The van der Waals surface area contributed by atoms with Gasteiger partial charge in [-0.15, -0.1) is 0 Å². The first-order valence-electron chi connectivity index (χ1n) is 8.33. The number of amides is 2. The highest BCUT2D eigenvalue weighted by atomic mass is 32.2. The summed E-state index contributed by atoms with van der Waals surface area (Å²) in [5.74, 6) is -5.16. The van der Waals surface area contributed by atoms with Crippen molar-refractivity contribution in [2.75, 3.05) is 15.8 Å². The van der Waals surface area contributed by atoms with E-state index in [-0.39, 0.29) is 11.8 Å². The third kappa shape index (κ3) is 6.42. The van der Waals surface area contributed by atoms with E-state index >= 15 is 0 Å². The Hall–Kier alpha value is -3.21. The number of halogens is 2. The Balaban J connectivity index is 2.06. The SMILES string of the molecule is CC(C)Oc1ccc(NS(=O)(=O)CC(=O)Nc2cc(C(N)=O)c(F)cc2F)cc1.